The maximum Gasteiger partial charge on any atom is 0.277 e. The van der Waals surface area contributed by atoms with E-state index in [1.165, 1.54) is 17.8 Å². The van der Waals surface area contributed by atoms with Crippen molar-refractivity contribution in [3.05, 3.63) is 69.3 Å². The molecule has 0 radical (unpaired) electrons. The molecular formula is C20H21N3O5S. The van der Waals surface area contributed by atoms with Crippen LogP contribution in [0.15, 0.2) is 52.1 Å². The number of benzene rings is 2. The molecule has 0 saturated heterocycles. The quantitative estimate of drug-likeness (QED) is 0.217. The van der Waals surface area contributed by atoms with Gasteiger partial charge in [-0.2, -0.15) is 0 Å². The number of hydrogen-bond donors (Lipinski definition) is 0. The van der Waals surface area contributed by atoms with E-state index in [0.717, 1.165) is 22.3 Å². The molecule has 0 fully saturated rings. The molecule has 0 saturated carbocycles. The lowest BCUT2D eigenvalue weighted by Gasteiger charge is -2.14. The molecule has 9 heteroatoms. The molecule has 0 bridgehead atoms. The van der Waals surface area contributed by atoms with Crippen LogP contribution < -0.4 is 0 Å². The molecule has 29 heavy (non-hydrogen) atoms. The first-order valence-corrected chi connectivity index (χ1v) is 9.72. The lowest BCUT2D eigenvalue weighted by molar-refractivity contribution is -0.384. The minimum absolute atomic E-state index is 0.0577. The van der Waals surface area contributed by atoms with Crippen LogP contribution in [-0.2, 0) is 9.47 Å². The number of aromatic nitrogens is 2. The van der Waals surface area contributed by atoms with Crippen LogP contribution in [0.1, 0.15) is 35.2 Å². The van der Waals surface area contributed by atoms with Gasteiger partial charge in [0.2, 0.25) is 5.89 Å². The molecule has 8 nitrogen and oxygen atoms in total. The van der Waals surface area contributed by atoms with Gasteiger partial charge in [0, 0.05) is 42.7 Å². The SMILES string of the molecule is COC(OC)c1ccc(-c2nnc(SC(C)c3cccc([N+](=O)[O-])c3)o2)c(C)c1. The van der Waals surface area contributed by atoms with Crippen molar-refractivity contribution in [3.63, 3.8) is 0 Å². The number of aryl methyl sites for hydroxylation is 1. The molecular weight excluding hydrogens is 394 g/mol. The van der Waals surface area contributed by atoms with Crippen LogP contribution in [0.25, 0.3) is 11.5 Å². The number of rotatable bonds is 8. The zero-order chi connectivity index (χ0) is 21.0. The summed E-state index contributed by atoms with van der Waals surface area (Å²) in [6.45, 7) is 3.88. The van der Waals surface area contributed by atoms with E-state index in [-0.39, 0.29) is 10.9 Å². The first kappa shape index (κ1) is 21.0. The van der Waals surface area contributed by atoms with E-state index >= 15 is 0 Å². The molecule has 0 aliphatic carbocycles. The third-order valence-electron chi connectivity index (χ3n) is 4.42. The van der Waals surface area contributed by atoms with Crippen molar-refractivity contribution in [3.8, 4) is 11.5 Å². The highest BCUT2D eigenvalue weighted by atomic mass is 32.2. The van der Waals surface area contributed by atoms with Gasteiger partial charge >= 0.3 is 0 Å². The molecule has 0 aliphatic heterocycles. The van der Waals surface area contributed by atoms with Gasteiger partial charge in [0.25, 0.3) is 10.9 Å². The minimum Gasteiger partial charge on any atom is -0.411 e. The highest BCUT2D eigenvalue weighted by Gasteiger charge is 2.18. The average Bonchev–Trinajstić information content (AvgIpc) is 3.17. The number of nitro benzene ring substituents is 1. The Kier molecular flexibility index (Phi) is 6.63. The van der Waals surface area contributed by atoms with E-state index in [9.17, 15) is 10.1 Å². The summed E-state index contributed by atoms with van der Waals surface area (Å²) in [5.74, 6) is 0.411. The molecule has 0 spiro atoms. The molecule has 3 rings (SSSR count). The number of nitro groups is 1. The smallest absolute Gasteiger partial charge is 0.277 e. The van der Waals surface area contributed by atoms with Crippen LogP contribution in [0.4, 0.5) is 5.69 Å². The monoisotopic (exact) mass is 415 g/mol. The summed E-state index contributed by atoms with van der Waals surface area (Å²) < 4.78 is 16.4. The van der Waals surface area contributed by atoms with E-state index in [0.29, 0.717) is 11.1 Å². The van der Waals surface area contributed by atoms with Crippen molar-refractivity contribution < 1.29 is 18.8 Å². The number of ether oxygens (including phenoxy) is 2. The largest absolute Gasteiger partial charge is 0.411 e. The predicted molar refractivity (Wildman–Crippen MR) is 109 cm³/mol. The second-order valence-corrected chi connectivity index (χ2v) is 7.66. The molecule has 3 aromatic rings. The second kappa shape index (κ2) is 9.17. The number of thioether (sulfide) groups is 1. The van der Waals surface area contributed by atoms with Crippen LogP contribution in [0, 0.1) is 17.0 Å². The lowest BCUT2D eigenvalue weighted by atomic mass is 10.0. The highest BCUT2D eigenvalue weighted by molar-refractivity contribution is 7.99. The summed E-state index contributed by atoms with van der Waals surface area (Å²) >= 11 is 1.35. The van der Waals surface area contributed by atoms with Crippen LogP contribution >= 0.6 is 11.8 Å². The Morgan fingerprint density at radius 1 is 1.10 bits per heavy atom. The van der Waals surface area contributed by atoms with Gasteiger partial charge in [-0.1, -0.05) is 36.0 Å². The number of hydrogen-bond acceptors (Lipinski definition) is 8. The van der Waals surface area contributed by atoms with Crippen molar-refractivity contribution in [1.82, 2.24) is 10.2 Å². The molecule has 0 N–H and O–H groups in total. The lowest BCUT2D eigenvalue weighted by Crippen LogP contribution is -2.04. The Morgan fingerprint density at radius 2 is 1.86 bits per heavy atom. The first-order chi connectivity index (χ1) is 13.9. The summed E-state index contributed by atoms with van der Waals surface area (Å²) in [7, 11) is 3.17. The highest BCUT2D eigenvalue weighted by Crippen LogP contribution is 2.36. The van der Waals surface area contributed by atoms with E-state index in [4.69, 9.17) is 13.9 Å². The van der Waals surface area contributed by atoms with Crippen LogP contribution in [0.5, 0.6) is 0 Å². The van der Waals surface area contributed by atoms with E-state index in [1.807, 2.05) is 38.1 Å². The molecule has 2 aromatic carbocycles. The zero-order valence-corrected chi connectivity index (χ0v) is 17.3. The molecule has 1 atom stereocenters. The van der Waals surface area contributed by atoms with Crippen LogP contribution in [-0.4, -0.2) is 29.3 Å². The van der Waals surface area contributed by atoms with Gasteiger partial charge in [0.05, 0.1) is 4.92 Å². The Labute approximate surface area is 172 Å². The Bertz CT molecular complexity index is 1000. The van der Waals surface area contributed by atoms with Gasteiger partial charge in [0.15, 0.2) is 6.29 Å². The summed E-state index contributed by atoms with van der Waals surface area (Å²) in [4.78, 5) is 10.6. The second-order valence-electron chi connectivity index (χ2n) is 6.36. The van der Waals surface area contributed by atoms with Gasteiger partial charge in [0.1, 0.15) is 0 Å². The fraction of sp³-hybridized carbons (Fsp3) is 0.300. The molecule has 1 heterocycles. The summed E-state index contributed by atoms with van der Waals surface area (Å²) in [6.07, 6.45) is -0.438. The molecule has 152 valence electrons. The Morgan fingerprint density at radius 3 is 2.52 bits per heavy atom. The van der Waals surface area contributed by atoms with E-state index in [2.05, 4.69) is 10.2 Å². The number of nitrogens with zero attached hydrogens (tertiary/aromatic N) is 3. The van der Waals surface area contributed by atoms with E-state index < -0.39 is 11.2 Å². The van der Waals surface area contributed by atoms with Crippen molar-refractivity contribution in [2.75, 3.05) is 14.2 Å². The predicted octanol–water partition coefficient (Wildman–Crippen LogP) is 5.10. The van der Waals surface area contributed by atoms with Crippen LogP contribution in [0.2, 0.25) is 0 Å². The van der Waals surface area contributed by atoms with Crippen molar-refractivity contribution in [2.45, 2.75) is 30.6 Å². The van der Waals surface area contributed by atoms with Gasteiger partial charge in [-0.25, -0.2) is 0 Å². The zero-order valence-electron chi connectivity index (χ0n) is 16.5. The normalized spacial score (nSPS) is 12.3. The topological polar surface area (TPSA) is 101 Å². The van der Waals surface area contributed by atoms with Gasteiger partial charge in [-0.05, 0) is 31.0 Å². The first-order valence-electron chi connectivity index (χ1n) is 8.84. The number of methoxy groups -OCH3 is 2. The standard InChI is InChI=1S/C20H21N3O5S/c1-12-10-15(19(26-3)27-4)8-9-17(12)18-21-22-20(28-18)29-13(2)14-6-5-7-16(11-14)23(24)25/h5-11,13,19H,1-4H3. The number of non-ortho nitro benzene ring substituents is 1. The van der Waals surface area contributed by atoms with Crippen molar-refractivity contribution >= 4 is 17.4 Å². The third kappa shape index (κ3) is 4.81. The van der Waals surface area contributed by atoms with Crippen LogP contribution in [0.3, 0.4) is 0 Å². The van der Waals surface area contributed by atoms with Gasteiger partial charge in [-0.3, -0.25) is 10.1 Å². The van der Waals surface area contributed by atoms with Gasteiger partial charge in [-0.15, -0.1) is 10.2 Å². The van der Waals surface area contributed by atoms with Gasteiger partial charge < -0.3 is 13.9 Å². The molecule has 1 aromatic heterocycles. The fourth-order valence-corrected chi connectivity index (χ4v) is 3.72. The summed E-state index contributed by atoms with van der Waals surface area (Å²) in [5.41, 5.74) is 3.54. The molecule has 0 aliphatic rings. The maximum absolute atomic E-state index is 11.0. The molecule has 1 unspecified atom stereocenters. The summed E-state index contributed by atoms with van der Waals surface area (Å²) in [6, 6.07) is 12.3. The minimum atomic E-state index is -0.438. The van der Waals surface area contributed by atoms with Crippen molar-refractivity contribution in [2.24, 2.45) is 0 Å². The Hall–Kier alpha value is -2.75. The Balaban J connectivity index is 1.77. The van der Waals surface area contributed by atoms with E-state index in [1.54, 1.807) is 26.4 Å². The average molecular weight is 415 g/mol. The fourth-order valence-electron chi connectivity index (χ4n) is 2.92. The maximum atomic E-state index is 11.0. The van der Waals surface area contributed by atoms with Crippen molar-refractivity contribution in [1.29, 1.82) is 0 Å². The third-order valence-corrected chi connectivity index (χ3v) is 5.41. The summed E-state index contributed by atoms with van der Waals surface area (Å²) in [5, 5.41) is 19.5. The molecule has 0 amide bonds.